The van der Waals surface area contributed by atoms with Crippen LogP contribution in [0, 0.1) is 10.1 Å². The van der Waals surface area contributed by atoms with Crippen LogP contribution < -0.4 is 25.0 Å². The molecular formula is C19H20N4O7. The van der Waals surface area contributed by atoms with Crippen LogP contribution in [0.1, 0.15) is 15.9 Å². The van der Waals surface area contributed by atoms with Crippen molar-refractivity contribution in [3.8, 4) is 17.2 Å². The number of hydrazone groups is 1. The highest BCUT2D eigenvalue weighted by atomic mass is 16.6. The van der Waals surface area contributed by atoms with E-state index in [4.69, 9.17) is 14.2 Å². The van der Waals surface area contributed by atoms with Gasteiger partial charge in [-0.05, 0) is 18.2 Å². The minimum absolute atomic E-state index is 0.147. The van der Waals surface area contributed by atoms with Crippen LogP contribution in [-0.4, -0.2) is 50.8 Å². The van der Waals surface area contributed by atoms with E-state index in [0.717, 1.165) is 6.21 Å². The van der Waals surface area contributed by atoms with E-state index in [-0.39, 0.29) is 23.4 Å². The van der Waals surface area contributed by atoms with E-state index in [9.17, 15) is 19.7 Å². The number of rotatable bonds is 9. The molecule has 0 spiro atoms. The second kappa shape index (κ2) is 10.4. The number of nitrogens with one attached hydrogen (secondary N) is 2. The molecule has 0 saturated carbocycles. The minimum atomic E-state index is -0.620. The fourth-order valence-electron chi connectivity index (χ4n) is 2.45. The van der Waals surface area contributed by atoms with Crippen LogP contribution >= 0.6 is 0 Å². The lowest BCUT2D eigenvalue weighted by Gasteiger charge is -2.14. The molecule has 30 heavy (non-hydrogen) atoms. The molecule has 0 aliphatic carbocycles. The molecule has 2 N–H and O–H groups in total. The average molecular weight is 416 g/mol. The van der Waals surface area contributed by atoms with Crippen molar-refractivity contribution in [2.45, 2.75) is 0 Å². The molecule has 2 rings (SSSR count). The van der Waals surface area contributed by atoms with E-state index >= 15 is 0 Å². The van der Waals surface area contributed by atoms with E-state index in [1.807, 2.05) is 0 Å². The van der Waals surface area contributed by atoms with Crippen molar-refractivity contribution < 1.29 is 28.7 Å². The Morgan fingerprint density at radius 1 is 1.10 bits per heavy atom. The quantitative estimate of drug-likeness (QED) is 0.358. The summed E-state index contributed by atoms with van der Waals surface area (Å²) in [6.07, 6.45) is 1.15. The van der Waals surface area contributed by atoms with Crippen LogP contribution in [-0.2, 0) is 4.79 Å². The van der Waals surface area contributed by atoms with Crippen LogP contribution in [0.15, 0.2) is 41.5 Å². The maximum atomic E-state index is 12.3. The summed E-state index contributed by atoms with van der Waals surface area (Å²) in [6.45, 7) is -0.371. The van der Waals surface area contributed by atoms with Gasteiger partial charge in [0.25, 0.3) is 17.5 Å². The third kappa shape index (κ3) is 5.44. The van der Waals surface area contributed by atoms with Gasteiger partial charge in [0, 0.05) is 11.6 Å². The molecule has 0 saturated heterocycles. The van der Waals surface area contributed by atoms with Gasteiger partial charge in [-0.2, -0.15) is 5.10 Å². The van der Waals surface area contributed by atoms with Crippen molar-refractivity contribution in [3.63, 3.8) is 0 Å². The topological polar surface area (TPSA) is 141 Å². The summed E-state index contributed by atoms with van der Waals surface area (Å²) in [6, 6.07) is 8.82. The molecule has 2 aromatic rings. The Morgan fingerprint density at radius 2 is 1.73 bits per heavy atom. The van der Waals surface area contributed by atoms with Gasteiger partial charge in [0.05, 0.1) is 44.6 Å². The number of methoxy groups -OCH3 is 3. The standard InChI is InChI=1S/C19H20N4O7/c1-28-15-8-13(9-16(29-2)18(15)30-3)19(25)20-11-17(24)22-21-10-12-6-4-5-7-14(12)23(26)27/h4-10H,11H2,1-3H3,(H,20,25)(H,22,24)/b21-10-. The number of carbonyl (C=O) groups excluding carboxylic acids is 2. The number of para-hydroxylation sites is 1. The molecule has 0 unspecified atom stereocenters. The Bertz CT molecular complexity index is 950. The molecule has 2 amide bonds. The molecule has 2 aromatic carbocycles. The fraction of sp³-hybridized carbons (Fsp3) is 0.211. The first-order valence-electron chi connectivity index (χ1n) is 8.54. The van der Waals surface area contributed by atoms with Gasteiger partial charge in [-0.25, -0.2) is 5.43 Å². The molecule has 0 bridgehead atoms. The highest BCUT2D eigenvalue weighted by Crippen LogP contribution is 2.38. The minimum Gasteiger partial charge on any atom is -0.493 e. The van der Waals surface area contributed by atoms with Gasteiger partial charge in [-0.3, -0.25) is 19.7 Å². The first kappa shape index (κ1) is 22.1. The molecule has 158 valence electrons. The summed E-state index contributed by atoms with van der Waals surface area (Å²) in [5.74, 6) is -0.252. The summed E-state index contributed by atoms with van der Waals surface area (Å²) in [5, 5.41) is 17.1. The number of hydrogen-bond donors (Lipinski definition) is 2. The van der Waals surface area contributed by atoms with Crippen molar-refractivity contribution in [2.75, 3.05) is 27.9 Å². The van der Waals surface area contributed by atoms with E-state index in [1.54, 1.807) is 6.07 Å². The van der Waals surface area contributed by atoms with Gasteiger partial charge < -0.3 is 19.5 Å². The summed E-state index contributed by atoms with van der Waals surface area (Å²) >= 11 is 0. The Labute approximate surface area is 171 Å². The lowest BCUT2D eigenvalue weighted by Crippen LogP contribution is -2.35. The first-order valence-corrected chi connectivity index (χ1v) is 8.54. The Hall–Kier alpha value is -4.15. The van der Waals surface area contributed by atoms with E-state index < -0.39 is 16.7 Å². The number of benzene rings is 2. The molecule has 0 aromatic heterocycles. The molecule has 11 heteroatoms. The van der Waals surface area contributed by atoms with Crippen molar-refractivity contribution in [1.82, 2.24) is 10.7 Å². The third-order valence-electron chi connectivity index (χ3n) is 3.86. The van der Waals surface area contributed by atoms with Gasteiger partial charge in [-0.1, -0.05) is 12.1 Å². The molecule has 0 radical (unpaired) electrons. The normalized spacial score (nSPS) is 10.4. The molecule has 0 aliphatic heterocycles. The van der Waals surface area contributed by atoms with Crippen molar-refractivity contribution in [3.05, 3.63) is 57.6 Å². The van der Waals surface area contributed by atoms with Gasteiger partial charge in [0.2, 0.25) is 5.75 Å². The molecular weight excluding hydrogens is 396 g/mol. The molecule has 0 aliphatic rings. The Kier molecular flexibility index (Phi) is 7.68. The molecule has 0 fully saturated rings. The Morgan fingerprint density at radius 3 is 2.30 bits per heavy atom. The highest BCUT2D eigenvalue weighted by Gasteiger charge is 2.17. The zero-order chi connectivity index (χ0) is 22.1. The predicted octanol–water partition coefficient (Wildman–Crippen LogP) is 1.50. The van der Waals surface area contributed by atoms with Crippen molar-refractivity contribution in [2.24, 2.45) is 5.10 Å². The number of nitrogens with zero attached hydrogens (tertiary/aromatic N) is 2. The fourth-order valence-corrected chi connectivity index (χ4v) is 2.45. The van der Waals surface area contributed by atoms with Crippen molar-refractivity contribution >= 4 is 23.7 Å². The third-order valence-corrected chi connectivity index (χ3v) is 3.86. The highest BCUT2D eigenvalue weighted by molar-refractivity contribution is 5.97. The lowest BCUT2D eigenvalue weighted by molar-refractivity contribution is -0.385. The predicted molar refractivity (Wildman–Crippen MR) is 107 cm³/mol. The number of amides is 2. The molecule has 0 heterocycles. The lowest BCUT2D eigenvalue weighted by atomic mass is 10.1. The van der Waals surface area contributed by atoms with Gasteiger partial charge >= 0.3 is 0 Å². The summed E-state index contributed by atoms with van der Waals surface area (Å²) in [5.41, 5.74) is 2.47. The van der Waals surface area contributed by atoms with E-state index in [2.05, 4.69) is 15.8 Å². The van der Waals surface area contributed by atoms with Crippen LogP contribution in [0.4, 0.5) is 5.69 Å². The Balaban J connectivity index is 1.98. The van der Waals surface area contributed by atoms with Crippen LogP contribution in [0.25, 0.3) is 0 Å². The number of hydrogen-bond acceptors (Lipinski definition) is 8. The zero-order valence-corrected chi connectivity index (χ0v) is 16.5. The largest absolute Gasteiger partial charge is 0.493 e. The maximum absolute atomic E-state index is 12.3. The summed E-state index contributed by atoms with van der Waals surface area (Å²) in [7, 11) is 4.28. The number of nitro groups is 1. The van der Waals surface area contributed by atoms with Gasteiger partial charge in [0.1, 0.15) is 0 Å². The zero-order valence-electron chi connectivity index (χ0n) is 16.5. The van der Waals surface area contributed by atoms with Crippen LogP contribution in [0.5, 0.6) is 17.2 Å². The van der Waals surface area contributed by atoms with Crippen molar-refractivity contribution in [1.29, 1.82) is 0 Å². The first-order chi connectivity index (χ1) is 14.4. The van der Waals surface area contributed by atoms with Crippen LogP contribution in [0.2, 0.25) is 0 Å². The monoisotopic (exact) mass is 416 g/mol. The SMILES string of the molecule is COc1cc(C(=O)NCC(=O)N/N=C\c2ccccc2[N+](=O)[O-])cc(OC)c1OC. The smallest absolute Gasteiger partial charge is 0.278 e. The number of carbonyl (C=O) groups is 2. The van der Waals surface area contributed by atoms with Crippen LogP contribution in [0.3, 0.4) is 0 Å². The summed E-state index contributed by atoms with van der Waals surface area (Å²) < 4.78 is 15.6. The van der Waals surface area contributed by atoms with E-state index in [0.29, 0.717) is 17.2 Å². The number of nitro benzene ring substituents is 1. The van der Waals surface area contributed by atoms with Gasteiger partial charge in [-0.15, -0.1) is 0 Å². The number of ether oxygens (including phenoxy) is 3. The second-order valence-electron chi connectivity index (χ2n) is 5.71. The molecule has 0 atom stereocenters. The maximum Gasteiger partial charge on any atom is 0.278 e. The van der Waals surface area contributed by atoms with Gasteiger partial charge in [0.15, 0.2) is 11.5 Å². The summed E-state index contributed by atoms with van der Waals surface area (Å²) in [4.78, 5) is 34.6. The molecule has 11 nitrogen and oxygen atoms in total. The second-order valence-corrected chi connectivity index (χ2v) is 5.71. The van der Waals surface area contributed by atoms with E-state index in [1.165, 1.54) is 51.7 Å². The average Bonchev–Trinajstić information content (AvgIpc) is 2.76.